The Labute approximate surface area is 285 Å². The van der Waals surface area contributed by atoms with Crippen molar-refractivity contribution in [2.24, 2.45) is 0 Å². The van der Waals surface area contributed by atoms with Gasteiger partial charge in [-0.05, 0) is 44.9 Å². The Bertz CT molecular complexity index is 719. The molecular weight excluding hydrogens is 570 g/mol. The number of carbonyl (C=O) groups is 1. The van der Waals surface area contributed by atoms with Gasteiger partial charge >= 0.3 is 0 Å². The maximum absolute atomic E-state index is 12.4. The minimum Gasteiger partial charge on any atom is -0.394 e. The van der Waals surface area contributed by atoms with Gasteiger partial charge in [-0.25, -0.2) is 0 Å². The maximum atomic E-state index is 12.4. The lowest BCUT2D eigenvalue weighted by molar-refractivity contribution is -0.124. The highest BCUT2D eigenvalue weighted by molar-refractivity contribution is 5.76. The van der Waals surface area contributed by atoms with Gasteiger partial charge in [0.25, 0.3) is 0 Å². The fraction of sp³-hybridized carbons (Fsp3) is 0.829. The molecule has 0 heterocycles. The molecule has 0 aliphatic heterocycles. The third-order valence-corrected chi connectivity index (χ3v) is 8.91. The van der Waals surface area contributed by atoms with E-state index in [2.05, 4.69) is 43.5 Å². The van der Waals surface area contributed by atoms with Crippen LogP contribution in [0, 0.1) is 0 Å². The number of aliphatic hydroxyl groups excluding tert-OH is 3. The van der Waals surface area contributed by atoms with Crippen LogP contribution in [0.5, 0.6) is 0 Å². The average molecular weight is 648 g/mol. The number of carbonyl (C=O) groups excluding carboxylic acids is 1. The molecule has 4 N–H and O–H groups in total. The van der Waals surface area contributed by atoms with E-state index >= 15 is 0 Å². The summed E-state index contributed by atoms with van der Waals surface area (Å²) in [5.41, 5.74) is 0. The van der Waals surface area contributed by atoms with Crippen molar-refractivity contribution in [3.05, 3.63) is 36.5 Å². The maximum Gasteiger partial charge on any atom is 0.222 e. The predicted molar refractivity (Wildman–Crippen MR) is 199 cm³/mol. The van der Waals surface area contributed by atoms with Gasteiger partial charge in [0.1, 0.15) is 0 Å². The predicted octanol–water partition coefficient (Wildman–Crippen LogP) is 10.8. The van der Waals surface area contributed by atoms with Gasteiger partial charge in [-0.3, -0.25) is 4.79 Å². The number of hydrogen-bond acceptors (Lipinski definition) is 4. The molecule has 46 heavy (non-hydrogen) atoms. The summed E-state index contributed by atoms with van der Waals surface area (Å²) in [5.74, 6) is -0.330. The summed E-state index contributed by atoms with van der Waals surface area (Å²) in [6.45, 7) is 4.17. The van der Waals surface area contributed by atoms with E-state index in [1.807, 2.05) is 6.08 Å². The van der Waals surface area contributed by atoms with Crippen molar-refractivity contribution in [1.82, 2.24) is 5.32 Å². The number of rotatable bonds is 35. The van der Waals surface area contributed by atoms with Gasteiger partial charge < -0.3 is 20.6 Å². The second-order valence-corrected chi connectivity index (χ2v) is 13.5. The van der Waals surface area contributed by atoms with Gasteiger partial charge in [-0.15, -0.1) is 0 Å². The first-order chi connectivity index (χ1) is 22.5. The van der Waals surface area contributed by atoms with Crippen molar-refractivity contribution in [2.75, 3.05) is 6.61 Å². The van der Waals surface area contributed by atoms with Crippen LogP contribution in [0.2, 0.25) is 0 Å². The molecule has 0 bridgehead atoms. The molecule has 0 rings (SSSR count). The Hall–Kier alpha value is -1.43. The zero-order chi connectivity index (χ0) is 33.8. The Morgan fingerprint density at radius 1 is 0.543 bits per heavy atom. The van der Waals surface area contributed by atoms with Crippen LogP contribution in [0.25, 0.3) is 0 Å². The van der Waals surface area contributed by atoms with Crippen LogP contribution in [0.1, 0.15) is 194 Å². The van der Waals surface area contributed by atoms with Crippen LogP contribution >= 0.6 is 0 Å². The Kier molecular flexibility index (Phi) is 35.3. The summed E-state index contributed by atoms with van der Waals surface area (Å²) in [6, 6.07) is -0.763. The van der Waals surface area contributed by atoms with Crippen LogP contribution in [0.4, 0.5) is 0 Å². The molecule has 0 aliphatic carbocycles. The molecule has 0 aromatic rings. The van der Waals surface area contributed by atoms with Gasteiger partial charge in [0.15, 0.2) is 0 Å². The van der Waals surface area contributed by atoms with Crippen molar-refractivity contribution in [2.45, 2.75) is 212 Å². The van der Waals surface area contributed by atoms with E-state index in [1.54, 1.807) is 6.08 Å². The minimum absolute atomic E-state index is 0.00460. The second kappa shape index (κ2) is 36.4. The third kappa shape index (κ3) is 32.5. The molecule has 1 amide bonds. The Balaban J connectivity index is 3.75. The number of hydrogen-bond donors (Lipinski definition) is 4. The SMILES string of the molecule is CCCCCC/C=C/CC/C=C/CC/C=C/C(O)C(CO)NC(=O)CC(O)CCCCCCCCCCCCCCCCCCC. The second-order valence-electron chi connectivity index (χ2n) is 13.5. The molecule has 3 unspecified atom stereocenters. The summed E-state index contributed by atoms with van der Waals surface area (Å²) in [5, 5.41) is 33.1. The van der Waals surface area contributed by atoms with Gasteiger partial charge in [0.05, 0.1) is 31.3 Å². The van der Waals surface area contributed by atoms with Crippen molar-refractivity contribution in [3.63, 3.8) is 0 Å². The van der Waals surface area contributed by atoms with E-state index in [1.165, 1.54) is 128 Å². The number of aliphatic hydroxyl groups is 3. The van der Waals surface area contributed by atoms with E-state index in [9.17, 15) is 20.1 Å². The van der Waals surface area contributed by atoms with E-state index in [4.69, 9.17) is 0 Å². The highest BCUT2D eigenvalue weighted by Gasteiger charge is 2.20. The van der Waals surface area contributed by atoms with Crippen LogP contribution < -0.4 is 5.32 Å². The highest BCUT2D eigenvalue weighted by Crippen LogP contribution is 2.15. The van der Waals surface area contributed by atoms with Crippen LogP contribution in [0.3, 0.4) is 0 Å². The van der Waals surface area contributed by atoms with E-state index in [-0.39, 0.29) is 18.9 Å². The molecule has 3 atom stereocenters. The first kappa shape index (κ1) is 44.6. The van der Waals surface area contributed by atoms with Gasteiger partial charge in [0.2, 0.25) is 5.91 Å². The fourth-order valence-corrected chi connectivity index (χ4v) is 5.84. The Morgan fingerprint density at radius 2 is 0.935 bits per heavy atom. The van der Waals surface area contributed by atoms with Gasteiger partial charge in [0, 0.05) is 0 Å². The van der Waals surface area contributed by atoms with E-state index in [0.717, 1.165) is 38.5 Å². The van der Waals surface area contributed by atoms with Crippen molar-refractivity contribution < 1.29 is 20.1 Å². The fourth-order valence-electron chi connectivity index (χ4n) is 5.84. The summed E-state index contributed by atoms with van der Waals surface area (Å²) >= 11 is 0. The Morgan fingerprint density at radius 3 is 1.39 bits per heavy atom. The number of amides is 1. The van der Waals surface area contributed by atoms with Crippen molar-refractivity contribution >= 4 is 5.91 Å². The standard InChI is InChI=1S/C41H77NO4/c1-3-5-7-9-11-13-15-17-19-20-21-22-24-26-28-30-32-34-38(44)36-41(46)42-39(37-43)40(45)35-33-31-29-27-25-23-18-16-14-12-10-8-6-4-2/h14,16,25,27,33,35,38-40,43-45H,3-13,15,17-24,26,28-32,34,36-37H2,1-2H3,(H,42,46)/b16-14+,27-25+,35-33+. The summed E-state index contributed by atoms with van der Waals surface area (Å²) in [4.78, 5) is 12.4. The quantitative estimate of drug-likeness (QED) is 0.0407. The third-order valence-electron chi connectivity index (χ3n) is 8.91. The molecule has 0 aromatic carbocycles. The number of allylic oxidation sites excluding steroid dienone is 5. The van der Waals surface area contributed by atoms with Gasteiger partial charge in [-0.2, -0.15) is 0 Å². The molecule has 0 saturated carbocycles. The van der Waals surface area contributed by atoms with Crippen LogP contribution in [-0.4, -0.2) is 46.1 Å². The first-order valence-electron chi connectivity index (χ1n) is 19.8. The van der Waals surface area contributed by atoms with Crippen LogP contribution in [0.15, 0.2) is 36.5 Å². The minimum atomic E-state index is -0.956. The lowest BCUT2D eigenvalue weighted by Gasteiger charge is -2.21. The lowest BCUT2D eigenvalue weighted by Crippen LogP contribution is -2.45. The topological polar surface area (TPSA) is 89.8 Å². The summed E-state index contributed by atoms with van der Waals surface area (Å²) < 4.78 is 0. The van der Waals surface area contributed by atoms with Gasteiger partial charge in [-0.1, -0.05) is 179 Å². The molecule has 0 aliphatic rings. The van der Waals surface area contributed by atoms with Crippen LogP contribution in [-0.2, 0) is 4.79 Å². The zero-order valence-corrected chi connectivity index (χ0v) is 30.5. The zero-order valence-electron chi connectivity index (χ0n) is 30.5. The monoisotopic (exact) mass is 648 g/mol. The highest BCUT2D eigenvalue weighted by atomic mass is 16.3. The molecule has 0 radical (unpaired) electrons. The summed E-state index contributed by atoms with van der Waals surface area (Å²) in [6.07, 6.45) is 44.2. The van der Waals surface area contributed by atoms with Crippen molar-refractivity contribution in [1.29, 1.82) is 0 Å². The first-order valence-corrected chi connectivity index (χ1v) is 19.8. The van der Waals surface area contributed by atoms with Crippen molar-refractivity contribution in [3.8, 4) is 0 Å². The van der Waals surface area contributed by atoms with E-state index in [0.29, 0.717) is 6.42 Å². The van der Waals surface area contributed by atoms with E-state index < -0.39 is 18.2 Å². The molecule has 5 nitrogen and oxygen atoms in total. The molecular formula is C41H77NO4. The molecule has 0 aromatic heterocycles. The molecule has 0 fully saturated rings. The molecule has 0 spiro atoms. The number of unbranched alkanes of at least 4 members (excludes halogenated alkanes) is 22. The molecule has 5 heteroatoms. The normalized spacial score (nSPS) is 14.1. The molecule has 270 valence electrons. The summed E-state index contributed by atoms with van der Waals surface area (Å²) in [7, 11) is 0. The molecule has 0 saturated heterocycles. The average Bonchev–Trinajstić information content (AvgIpc) is 3.05. The lowest BCUT2D eigenvalue weighted by atomic mass is 10.0. The smallest absolute Gasteiger partial charge is 0.222 e. The number of nitrogens with one attached hydrogen (secondary N) is 1. The largest absolute Gasteiger partial charge is 0.394 e.